The summed E-state index contributed by atoms with van der Waals surface area (Å²) in [7, 11) is 0. The Hall–Kier alpha value is -2.12. The van der Waals surface area contributed by atoms with Crippen LogP contribution in [0, 0.1) is 6.92 Å². The average Bonchev–Trinajstić information content (AvgIpc) is 3.00. The molecule has 0 saturated carbocycles. The molecule has 0 aliphatic heterocycles. The van der Waals surface area contributed by atoms with Crippen molar-refractivity contribution in [3.63, 3.8) is 0 Å². The number of rotatable bonds is 6. The molecule has 0 fully saturated rings. The quantitative estimate of drug-likeness (QED) is 0.393. The number of nitrogens with one attached hydrogen (secondary N) is 1. The van der Waals surface area contributed by atoms with Crippen molar-refractivity contribution in [2.45, 2.75) is 6.92 Å². The van der Waals surface area contributed by atoms with Crippen LogP contribution in [0.15, 0.2) is 40.9 Å². The summed E-state index contributed by atoms with van der Waals surface area (Å²) >= 11 is 24.3. The van der Waals surface area contributed by atoms with Crippen LogP contribution in [-0.4, -0.2) is 24.5 Å². The van der Waals surface area contributed by atoms with Crippen LogP contribution in [0.1, 0.15) is 5.76 Å². The Morgan fingerprint density at radius 1 is 1.07 bits per heavy atom. The van der Waals surface area contributed by atoms with Crippen molar-refractivity contribution in [3.8, 4) is 17.0 Å². The third kappa shape index (κ3) is 5.28. The van der Waals surface area contributed by atoms with Gasteiger partial charge in [-0.3, -0.25) is 5.32 Å². The highest BCUT2D eigenvalue weighted by Crippen LogP contribution is 2.39. The number of amides is 1. The molecule has 1 N–H and O–H groups in total. The van der Waals surface area contributed by atoms with Crippen LogP contribution in [0.2, 0.25) is 20.1 Å². The molecule has 0 radical (unpaired) electrons. The van der Waals surface area contributed by atoms with E-state index >= 15 is 0 Å². The van der Waals surface area contributed by atoms with E-state index < -0.39 is 6.09 Å². The normalized spacial score (nSPS) is 10.7. The molecule has 152 valence electrons. The molecule has 1 aromatic heterocycles. The van der Waals surface area contributed by atoms with Gasteiger partial charge in [0.05, 0.1) is 15.1 Å². The Labute approximate surface area is 186 Å². The SMILES string of the molecule is Cc1onc(-c2c(Cl)cccc2Cl)c1NC(=O)OCCOc1ccc(Cl)cc1Cl. The number of anilines is 1. The molecule has 1 heterocycles. The monoisotopic (exact) mass is 474 g/mol. The van der Waals surface area contributed by atoms with Crippen molar-refractivity contribution < 1.29 is 18.8 Å². The minimum absolute atomic E-state index is 0.0166. The van der Waals surface area contributed by atoms with Gasteiger partial charge >= 0.3 is 6.09 Å². The molecule has 2 aromatic carbocycles. The summed E-state index contributed by atoms with van der Waals surface area (Å²) in [6.07, 6.45) is -0.716. The summed E-state index contributed by atoms with van der Waals surface area (Å²) in [6, 6.07) is 9.86. The molecule has 0 spiro atoms. The molecular weight excluding hydrogens is 462 g/mol. The second-order valence-corrected chi connectivity index (χ2v) is 7.40. The lowest BCUT2D eigenvalue weighted by atomic mass is 10.1. The van der Waals surface area contributed by atoms with Crippen molar-refractivity contribution in [3.05, 3.63) is 62.2 Å². The predicted octanol–water partition coefficient (Wildman–Crippen LogP) is 6.89. The number of benzene rings is 2. The Balaban J connectivity index is 1.61. The van der Waals surface area contributed by atoms with E-state index in [1.165, 1.54) is 0 Å². The van der Waals surface area contributed by atoms with Crippen molar-refractivity contribution >= 4 is 58.2 Å². The highest BCUT2D eigenvalue weighted by Gasteiger charge is 2.21. The van der Waals surface area contributed by atoms with Gasteiger partial charge in [-0.05, 0) is 37.3 Å². The third-order valence-electron chi connectivity index (χ3n) is 3.76. The van der Waals surface area contributed by atoms with E-state index in [0.717, 1.165) is 0 Å². The lowest BCUT2D eigenvalue weighted by Gasteiger charge is -2.10. The van der Waals surface area contributed by atoms with Gasteiger partial charge in [-0.15, -0.1) is 0 Å². The fraction of sp³-hybridized carbons (Fsp3) is 0.158. The van der Waals surface area contributed by atoms with Gasteiger partial charge in [-0.25, -0.2) is 4.79 Å². The van der Waals surface area contributed by atoms with E-state index in [4.69, 9.17) is 60.4 Å². The molecule has 0 bridgehead atoms. The largest absolute Gasteiger partial charge is 0.488 e. The molecule has 0 unspecified atom stereocenters. The lowest BCUT2D eigenvalue weighted by molar-refractivity contribution is 0.138. The summed E-state index contributed by atoms with van der Waals surface area (Å²) in [5.41, 5.74) is 1.06. The topological polar surface area (TPSA) is 73.6 Å². The molecule has 0 atom stereocenters. The van der Waals surface area contributed by atoms with E-state index in [-0.39, 0.29) is 13.2 Å². The van der Waals surface area contributed by atoms with Gasteiger partial charge in [0.25, 0.3) is 0 Å². The molecule has 1 amide bonds. The Morgan fingerprint density at radius 2 is 1.79 bits per heavy atom. The van der Waals surface area contributed by atoms with Gasteiger partial charge < -0.3 is 14.0 Å². The zero-order chi connectivity index (χ0) is 21.0. The fourth-order valence-electron chi connectivity index (χ4n) is 2.43. The molecule has 0 aliphatic carbocycles. The number of aromatic nitrogens is 1. The highest BCUT2D eigenvalue weighted by atomic mass is 35.5. The van der Waals surface area contributed by atoms with Crippen LogP contribution in [0.25, 0.3) is 11.3 Å². The number of aryl methyl sites for hydroxylation is 1. The van der Waals surface area contributed by atoms with E-state index in [1.807, 2.05) is 0 Å². The molecule has 0 saturated heterocycles. The van der Waals surface area contributed by atoms with E-state index in [1.54, 1.807) is 43.3 Å². The first-order valence-electron chi connectivity index (χ1n) is 8.29. The van der Waals surface area contributed by atoms with Crippen LogP contribution in [0.3, 0.4) is 0 Å². The molecule has 0 aliphatic rings. The van der Waals surface area contributed by atoms with Gasteiger partial charge in [0.1, 0.15) is 30.3 Å². The van der Waals surface area contributed by atoms with Crippen LogP contribution in [0.5, 0.6) is 5.75 Å². The fourth-order valence-corrected chi connectivity index (χ4v) is 3.47. The maximum absolute atomic E-state index is 12.2. The van der Waals surface area contributed by atoms with Crippen molar-refractivity contribution in [1.82, 2.24) is 5.16 Å². The highest BCUT2D eigenvalue weighted by molar-refractivity contribution is 6.39. The zero-order valence-electron chi connectivity index (χ0n) is 15.0. The summed E-state index contributed by atoms with van der Waals surface area (Å²) in [5, 5.41) is 8.15. The lowest BCUT2D eigenvalue weighted by Crippen LogP contribution is -2.18. The molecule has 6 nitrogen and oxygen atoms in total. The maximum atomic E-state index is 12.2. The molecule has 3 aromatic rings. The van der Waals surface area contributed by atoms with Gasteiger partial charge in [0.2, 0.25) is 0 Å². The van der Waals surface area contributed by atoms with Crippen LogP contribution < -0.4 is 10.1 Å². The van der Waals surface area contributed by atoms with Gasteiger partial charge in [-0.2, -0.15) is 0 Å². The molecule has 3 rings (SSSR count). The van der Waals surface area contributed by atoms with Crippen molar-refractivity contribution in [2.75, 3.05) is 18.5 Å². The minimum atomic E-state index is -0.716. The Kier molecular flexibility index (Phi) is 7.14. The number of nitrogens with zero attached hydrogens (tertiary/aromatic N) is 1. The smallest absolute Gasteiger partial charge is 0.411 e. The number of carbonyl (C=O) groups is 1. The van der Waals surface area contributed by atoms with Gasteiger partial charge in [-0.1, -0.05) is 57.6 Å². The number of hydrogen-bond donors (Lipinski definition) is 1. The van der Waals surface area contributed by atoms with Crippen LogP contribution in [-0.2, 0) is 4.74 Å². The Bertz CT molecular complexity index is 1020. The van der Waals surface area contributed by atoms with Crippen molar-refractivity contribution in [1.29, 1.82) is 0 Å². The first kappa shape index (κ1) is 21.6. The van der Waals surface area contributed by atoms with E-state index in [0.29, 0.717) is 48.5 Å². The molecule has 10 heteroatoms. The van der Waals surface area contributed by atoms with E-state index in [2.05, 4.69) is 10.5 Å². The summed E-state index contributed by atoms with van der Waals surface area (Å²) in [4.78, 5) is 12.2. The summed E-state index contributed by atoms with van der Waals surface area (Å²) < 4.78 is 15.8. The number of halogens is 4. The van der Waals surface area contributed by atoms with Crippen molar-refractivity contribution in [2.24, 2.45) is 0 Å². The second-order valence-electron chi connectivity index (χ2n) is 5.74. The average molecular weight is 476 g/mol. The number of hydrogen-bond acceptors (Lipinski definition) is 5. The first-order chi connectivity index (χ1) is 13.9. The minimum Gasteiger partial charge on any atom is -0.488 e. The summed E-state index contributed by atoms with van der Waals surface area (Å²) in [6.45, 7) is 1.72. The zero-order valence-corrected chi connectivity index (χ0v) is 18.0. The van der Waals surface area contributed by atoms with Crippen LogP contribution in [0.4, 0.5) is 10.5 Å². The Morgan fingerprint density at radius 3 is 2.48 bits per heavy atom. The second kappa shape index (κ2) is 9.59. The third-order valence-corrected chi connectivity index (χ3v) is 4.92. The van der Waals surface area contributed by atoms with Gasteiger partial charge in [0.15, 0.2) is 5.76 Å². The van der Waals surface area contributed by atoms with E-state index in [9.17, 15) is 4.79 Å². The standard InChI is InChI=1S/C19H14Cl4N2O4/c1-10-17(18(25-29-10)16-12(21)3-2-4-13(16)22)24-19(26)28-8-7-27-15-6-5-11(20)9-14(15)23/h2-6,9H,7-8H2,1H3,(H,24,26). The predicted molar refractivity (Wildman–Crippen MR) is 114 cm³/mol. The first-order valence-corrected chi connectivity index (χ1v) is 9.80. The maximum Gasteiger partial charge on any atom is 0.411 e. The number of ether oxygens (including phenoxy) is 2. The van der Waals surface area contributed by atoms with Crippen LogP contribution >= 0.6 is 46.4 Å². The molecule has 29 heavy (non-hydrogen) atoms. The number of carbonyl (C=O) groups excluding carboxylic acids is 1. The van der Waals surface area contributed by atoms with Gasteiger partial charge in [0, 0.05) is 10.6 Å². The molecular formula is C19H14Cl4N2O4. The summed E-state index contributed by atoms with van der Waals surface area (Å²) in [5.74, 6) is 0.808.